The Morgan fingerprint density at radius 1 is 1.06 bits per heavy atom. The number of benzene rings is 1. The van der Waals surface area contributed by atoms with E-state index in [1.165, 1.54) is 21.7 Å². The highest BCUT2D eigenvalue weighted by atomic mass is 32.1. The van der Waals surface area contributed by atoms with Gasteiger partial charge in [-0.1, -0.05) is 26.0 Å². The molecule has 0 aliphatic carbocycles. The van der Waals surface area contributed by atoms with Crippen molar-refractivity contribution < 1.29 is 0 Å². The van der Waals surface area contributed by atoms with Gasteiger partial charge in [0.15, 0.2) is 0 Å². The molecule has 2 aromatic rings. The molecule has 1 aromatic heterocycles. The molecular formula is C16H21NS. The van der Waals surface area contributed by atoms with Crippen molar-refractivity contribution in [3.8, 4) is 0 Å². The van der Waals surface area contributed by atoms with Crippen molar-refractivity contribution in [3.63, 3.8) is 0 Å². The Morgan fingerprint density at radius 2 is 1.72 bits per heavy atom. The monoisotopic (exact) mass is 259 g/mol. The Bertz CT molecular complexity index is 480. The van der Waals surface area contributed by atoms with Crippen LogP contribution in [0.1, 0.15) is 35.9 Å². The maximum atomic E-state index is 3.67. The SMILES string of the molecule is Cc1cc(C)cc(NC(c2cccs2)C(C)C)c1. The number of thiophene rings is 1. The number of aryl methyl sites for hydroxylation is 2. The first-order chi connectivity index (χ1) is 8.56. The molecule has 96 valence electrons. The Kier molecular flexibility index (Phi) is 4.07. The van der Waals surface area contributed by atoms with Crippen LogP contribution in [0.4, 0.5) is 5.69 Å². The van der Waals surface area contributed by atoms with Crippen molar-refractivity contribution >= 4 is 17.0 Å². The number of hydrogen-bond donors (Lipinski definition) is 1. The maximum Gasteiger partial charge on any atom is 0.0629 e. The molecule has 0 saturated heterocycles. The van der Waals surface area contributed by atoms with E-state index in [9.17, 15) is 0 Å². The lowest BCUT2D eigenvalue weighted by Gasteiger charge is -2.23. The minimum atomic E-state index is 0.395. The quantitative estimate of drug-likeness (QED) is 0.798. The van der Waals surface area contributed by atoms with Crippen LogP contribution in [0, 0.1) is 19.8 Å². The molecule has 1 unspecified atom stereocenters. The summed E-state index contributed by atoms with van der Waals surface area (Å²) in [7, 11) is 0. The first-order valence-electron chi connectivity index (χ1n) is 6.44. The lowest BCUT2D eigenvalue weighted by atomic mass is 10.0. The summed E-state index contributed by atoms with van der Waals surface area (Å²) in [5.74, 6) is 0.574. The molecule has 1 N–H and O–H groups in total. The zero-order valence-corrected chi connectivity index (χ0v) is 12.3. The predicted octanol–water partition coefficient (Wildman–Crippen LogP) is 5.17. The van der Waals surface area contributed by atoms with Crippen LogP contribution in [0.2, 0.25) is 0 Å². The second kappa shape index (κ2) is 5.57. The van der Waals surface area contributed by atoms with Gasteiger partial charge in [0.25, 0.3) is 0 Å². The smallest absolute Gasteiger partial charge is 0.0629 e. The van der Waals surface area contributed by atoms with E-state index in [0.717, 1.165) is 0 Å². The van der Waals surface area contributed by atoms with Crippen LogP contribution in [0.15, 0.2) is 35.7 Å². The average molecular weight is 259 g/mol. The molecule has 0 amide bonds. The zero-order chi connectivity index (χ0) is 13.1. The van der Waals surface area contributed by atoms with Crippen LogP contribution in [0.5, 0.6) is 0 Å². The summed E-state index contributed by atoms with van der Waals surface area (Å²) in [4.78, 5) is 1.41. The molecule has 1 atom stereocenters. The Labute approximate surface area is 114 Å². The largest absolute Gasteiger partial charge is 0.377 e. The van der Waals surface area contributed by atoms with E-state index in [4.69, 9.17) is 0 Å². The van der Waals surface area contributed by atoms with Gasteiger partial charge in [-0.3, -0.25) is 0 Å². The Morgan fingerprint density at radius 3 is 2.22 bits per heavy atom. The third-order valence-corrected chi connectivity index (χ3v) is 4.02. The van der Waals surface area contributed by atoms with E-state index in [2.05, 4.69) is 68.7 Å². The molecule has 1 aromatic carbocycles. The topological polar surface area (TPSA) is 12.0 Å². The van der Waals surface area contributed by atoms with E-state index in [0.29, 0.717) is 12.0 Å². The Balaban J connectivity index is 2.24. The summed E-state index contributed by atoms with van der Waals surface area (Å²) in [6, 6.07) is 11.4. The van der Waals surface area contributed by atoms with Crippen molar-refractivity contribution in [2.75, 3.05) is 5.32 Å². The van der Waals surface area contributed by atoms with Gasteiger partial charge in [-0.2, -0.15) is 0 Å². The van der Waals surface area contributed by atoms with Gasteiger partial charge in [0.2, 0.25) is 0 Å². The van der Waals surface area contributed by atoms with Gasteiger partial charge in [0.05, 0.1) is 6.04 Å². The first kappa shape index (κ1) is 13.2. The molecule has 0 radical (unpaired) electrons. The van der Waals surface area contributed by atoms with Crippen LogP contribution in [-0.2, 0) is 0 Å². The van der Waals surface area contributed by atoms with Gasteiger partial charge in [0, 0.05) is 10.6 Å². The molecule has 0 saturated carbocycles. The summed E-state index contributed by atoms with van der Waals surface area (Å²) in [6.07, 6.45) is 0. The summed E-state index contributed by atoms with van der Waals surface area (Å²) >= 11 is 1.82. The fourth-order valence-corrected chi connectivity index (χ4v) is 3.22. The van der Waals surface area contributed by atoms with Crippen LogP contribution in [0.3, 0.4) is 0 Å². The minimum absolute atomic E-state index is 0.395. The molecule has 1 heterocycles. The Hall–Kier alpha value is -1.28. The summed E-state index contributed by atoms with van der Waals surface area (Å²) in [6.45, 7) is 8.82. The molecule has 0 spiro atoms. The van der Waals surface area contributed by atoms with Gasteiger partial charge in [-0.25, -0.2) is 0 Å². The average Bonchev–Trinajstić information content (AvgIpc) is 2.77. The van der Waals surface area contributed by atoms with Gasteiger partial charge in [-0.05, 0) is 54.5 Å². The molecular weight excluding hydrogens is 238 g/mol. The van der Waals surface area contributed by atoms with Crippen LogP contribution in [-0.4, -0.2) is 0 Å². The predicted molar refractivity (Wildman–Crippen MR) is 81.4 cm³/mol. The summed E-state index contributed by atoms with van der Waals surface area (Å²) in [5, 5.41) is 5.82. The van der Waals surface area contributed by atoms with Crippen molar-refractivity contribution in [1.82, 2.24) is 0 Å². The summed E-state index contributed by atoms with van der Waals surface area (Å²) in [5.41, 5.74) is 3.84. The van der Waals surface area contributed by atoms with Gasteiger partial charge >= 0.3 is 0 Å². The van der Waals surface area contributed by atoms with E-state index in [-0.39, 0.29) is 0 Å². The second-order valence-electron chi connectivity index (χ2n) is 5.26. The van der Waals surface area contributed by atoms with Crippen LogP contribution >= 0.6 is 11.3 Å². The van der Waals surface area contributed by atoms with Crippen LogP contribution in [0.25, 0.3) is 0 Å². The van der Waals surface area contributed by atoms with Crippen molar-refractivity contribution in [3.05, 3.63) is 51.7 Å². The molecule has 0 aliphatic rings. The lowest BCUT2D eigenvalue weighted by Crippen LogP contribution is -2.15. The lowest BCUT2D eigenvalue weighted by molar-refractivity contribution is 0.554. The fourth-order valence-electron chi connectivity index (χ4n) is 2.27. The molecule has 2 rings (SSSR count). The molecule has 2 heteroatoms. The van der Waals surface area contributed by atoms with Crippen molar-refractivity contribution in [2.45, 2.75) is 33.7 Å². The number of rotatable bonds is 4. The van der Waals surface area contributed by atoms with Crippen molar-refractivity contribution in [1.29, 1.82) is 0 Å². The fraction of sp³-hybridized carbons (Fsp3) is 0.375. The van der Waals surface area contributed by atoms with E-state index in [1.54, 1.807) is 0 Å². The minimum Gasteiger partial charge on any atom is -0.377 e. The third kappa shape index (κ3) is 3.14. The van der Waals surface area contributed by atoms with E-state index >= 15 is 0 Å². The third-order valence-electron chi connectivity index (χ3n) is 3.06. The second-order valence-corrected chi connectivity index (χ2v) is 6.24. The van der Waals surface area contributed by atoms with Gasteiger partial charge in [-0.15, -0.1) is 11.3 Å². The van der Waals surface area contributed by atoms with Crippen molar-refractivity contribution in [2.24, 2.45) is 5.92 Å². The van der Waals surface area contributed by atoms with Gasteiger partial charge < -0.3 is 5.32 Å². The number of nitrogens with one attached hydrogen (secondary N) is 1. The molecule has 1 nitrogen and oxygen atoms in total. The molecule has 0 aliphatic heterocycles. The number of hydrogen-bond acceptors (Lipinski definition) is 2. The standard InChI is InChI=1S/C16H21NS/c1-11(2)16(15-6-5-7-18-15)17-14-9-12(3)8-13(4)10-14/h5-11,16-17H,1-4H3. The molecule has 18 heavy (non-hydrogen) atoms. The van der Waals surface area contributed by atoms with E-state index < -0.39 is 0 Å². The summed E-state index contributed by atoms with van der Waals surface area (Å²) < 4.78 is 0. The molecule has 0 bridgehead atoms. The molecule has 0 fully saturated rings. The van der Waals surface area contributed by atoms with E-state index in [1.807, 2.05) is 11.3 Å². The highest BCUT2D eigenvalue weighted by Gasteiger charge is 2.16. The highest BCUT2D eigenvalue weighted by molar-refractivity contribution is 7.10. The highest BCUT2D eigenvalue weighted by Crippen LogP contribution is 2.30. The van der Waals surface area contributed by atoms with Gasteiger partial charge in [0.1, 0.15) is 0 Å². The number of anilines is 1. The van der Waals surface area contributed by atoms with Crippen LogP contribution < -0.4 is 5.32 Å². The zero-order valence-electron chi connectivity index (χ0n) is 11.5. The first-order valence-corrected chi connectivity index (χ1v) is 7.32. The maximum absolute atomic E-state index is 3.67. The normalized spacial score (nSPS) is 12.7.